The topological polar surface area (TPSA) is 69.1 Å². The Morgan fingerprint density at radius 1 is 1.20 bits per heavy atom. The third kappa shape index (κ3) is 7.92. The van der Waals surface area contributed by atoms with Crippen LogP contribution in [0.15, 0.2) is 4.99 Å². The van der Waals surface area contributed by atoms with Crippen LogP contribution in [0.25, 0.3) is 0 Å². The molecular formula is C19H38N4O2. The number of ether oxygens (including phenoxy) is 1. The highest BCUT2D eigenvalue weighted by molar-refractivity contribution is 5.79. The Kier molecular flexibility index (Phi) is 8.46. The van der Waals surface area contributed by atoms with Crippen molar-refractivity contribution >= 4 is 5.96 Å². The molecule has 0 radical (unpaired) electrons. The molecule has 25 heavy (non-hydrogen) atoms. The van der Waals surface area contributed by atoms with Gasteiger partial charge in [0.25, 0.3) is 0 Å². The first kappa shape index (κ1) is 20.5. The van der Waals surface area contributed by atoms with Crippen molar-refractivity contribution < 1.29 is 9.84 Å². The monoisotopic (exact) mass is 354 g/mol. The van der Waals surface area contributed by atoms with Crippen LogP contribution in [0.5, 0.6) is 0 Å². The van der Waals surface area contributed by atoms with Crippen LogP contribution in [-0.2, 0) is 4.74 Å². The van der Waals surface area contributed by atoms with Gasteiger partial charge < -0.3 is 20.5 Å². The number of nitrogens with one attached hydrogen (secondary N) is 2. The van der Waals surface area contributed by atoms with E-state index in [1.807, 2.05) is 6.92 Å². The maximum Gasteiger partial charge on any atom is 0.191 e. The summed E-state index contributed by atoms with van der Waals surface area (Å²) in [6.45, 7) is 12.4. The Hall–Kier alpha value is -0.850. The van der Waals surface area contributed by atoms with Gasteiger partial charge in [0.05, 0.1) is 25.4 Å². The van der Waals surface area contributed by atoms with Crippen LogP contribution in [0, 0.1) is 11.8 Å². The molecule has 146 valence electrons. The van der Waals surface area contributed by atoms with E-state index in [1.54, 1.807) is 0 Å². The summed E-state index contributed by atoms with van der Waals surface area (Å²) in [5, 5.41) is 17.5. The van der Waals surface area contributed by atoms with Gasteiger partial charge in [-0.05, 0) is 38.5 Å². The summed E-state index contributed by atoms with van der Waals surface area (Å²) in [7, 11) is 0. The lowest BCUT2D eigenvalue weighted by atomic mass is 9.83. The minimum Gasteiger partial charge on any atom is -0.387 e. The number of morpholine rings is 1. The second-order valence-corrected chi connectivity index (χ2v) is 8.09. The number of hydrogen-bond acceptors (Lipinski definition) is 4. The molecule has 2 rings (SSSR count). The summed E-state index contributed by atoms with van der Waals surface area (Å²) in [4.78, 5) is 6.89. The van der Waals surface area contributed by atoms with Crippen molar-refractivity contribution in [3.05, 3.63) is 0 Å². The van der Waals surface area contributed by atoms with Gasteiger partial charge in [-0.2, -0.15) is 0 Å². The van der Waals surface area contributed by atoms with E-state index in [0.29, 0.717) is 13.1 Å². The van der Waals surface area contributed by atoms with Gasteiger partial charge in [0, 0.05) is 32.7 Å². The second-order valence-electron chi connectivity index (χ2n) is 8.09. The Bertz CT molecular complexity index is 400. The molecule has 1 aliphatic heterocycles. The van der Waals surface area contributed by atoms with Gasteiger partial charge in [-0.3, -0.25) is 9.89 Å². The van der Waals surface area contributed by atoms with E-state index < -0.39 is 5.60 Å². The normalized spacial score (nSPS) is 28.4. The summed E-state index contributed by atoms with van der Waals surface area (Å²) in [6.07, 6.45) is 5.30. The largest absolute Gasteiger partial charge is 0.387 e. The van der Waals surface area contributed by atoms with Crippen LogP contribution in [0.2, 0.25) is 0 Å². The first-order valence-electron chi connectivity index (χ1n) is 10.0. The lowest BCUT2D eigenvalue weighted by Gasteiger charge is -2.33. The van der Waals surface area contributed by atoms with E-state index in [0.717, 1.165) is 57.2 Å². The van der Waals surface area contributed by atoms with E-state index in [2.05, 4.69) is 34.4 Å². The minimum atomic E-state index is -0.819. The number of aliphatic imine (C=N–C) groups is 1. The van der Waals surface area contributed by atoms with E-state index in [4.69, 9.17) is 4.74 Å². The molecule has 1 saturated heterocycles. The average Bonchev–Trinajstić information content (AvgIpc) is 2.59. The zero-order chi connectivity index (χ0) is 18.1. The fourth-order valence-corrected chi connectivity index (χ4v) is 3.66. The highest BCUT2D eigenvalue weighted by atomic mass is 16.5. The van der Waals surface area contributed by atoms with Gasteiger partial charge in [-0.15, -0.1) is 0 Å². The molecule has 2 fully saturated rings. The molecule has 0 bridgehead atoms. The number of nitrogens with zero attached hydrogens (tertiary/aromatic N) is 2. The fraction of sp³-hybridized carbons (Fsp3) is 0.947. The van der Waals surface area contributed by atoms with Gasteiger partial charge in [-0.25, -0.2) is 0 Å². The van der Waals surface area contributed by atoms with Gasteiger partial charge in [-0.1, -0.05) is 19.8 Å². The Morgan fingerprint density at radius 3 is 2.52 bits per heavy atom. The molecule has 1 atom stereocenters. The van der Waals surface area contributed by atoms with Crippen LogP contribution in [0.1, 0.15) is 46.5 Å². The van der Waals surface area contributed by atoms with E-state index in [-0.39, 0.29) is 0 Å². The highest BCUT2D eigenvalue weighted by Gasteiger charge is 2.25. The number of hydrogen-bond donors (Lipinski definition) is 3. The zero-order valence-electron chi connectivity index (χ0n) is 16.4. The molecule has 0 spiro atoms. The molecule has 1 heterocycles. The summed E-state index contributed by atoms with van der Waals surface area (Å²) in [5.41, 5.74) is -0.819. The van der Waals surface area contributed by atoms with Crippen molar-refractivity contribution in [2.75, 3.05) is 52.5 Å². The van der Waals surface area contributed by atoms with Crippen LogP contribution < -0.4 is 10.6 Å². The Labute approximate surface area is 153 Å². The number of β-amino-alcohol motifs (C(OH)–C–C–N with tert-alkyl or cyclic N) is 1. The summed E-state index contributed by atoms with van der Waals surface area (Å²) in [6, 6.07) is 0. The molecule has 3 N–H and O–H groups in total. The van der Waals surface area contributed by atoms with Crippen molar-refractivity contribution in [3.63, 3.8) is 0 Å². The zero-order valence-corrected chi connectivity index (χ0v) is 16.4. The predicted octanol–water partition coefficient (Wildman–Crippen LogP) is 1.45. The third-order valence-corrected chi connectivity index (χ3v) is 5.28. The second kappa shape index (κ2) is 10.3. The van der Waals surface area contributed by atoms with Crippen LogP contribution in [-0.4, -0.2) is 74.0 Å². The molecule has 0 amide bonds. The number of rotatable bonds is 7. The maximum atomic E-state index is 10.7. The van der Waals surface area contributed by atoms with Crippen molar-refractivity contribution in [2.45, 2.75) is 52.1 Å². The van der Waals surface area contributed by atoms with Gasteiger partial charge >= 0.3 is 0 Å². The molecule has 0 aromatic carbocycles. The molecule has 2 aliphatic rings. The van der Waals surface area contributed by atoms with E-state index in [1.165, 1.54) is 25.7 Å². The average molecular weight is 355 g/mol. The highest BCUT2D eigenvalue weighted by Crippen LogP contribution is 2.27. The maximum absolute atomic E-state index is 10.7. The summed E-state index contributed by atoms with van der Waals surface area (Å²) < 4.78 is 5.37. The van der Waals surface area contributed by atoms with Crippen molar-refractivity contribution in [3.8, 4) is 0 Å². The van der Waals surface area contributed by atoms with Crippen molar-refractivity contribution in [1.29, 1.82) is 0 Å². The van der Waals surface area contributed by atoms with E-state index >= 15 is 0 Å². The van der Waals surface area contributed by atoms with Gasteiger partial charge in [0.1, 0.15) is 0 Å². The van der Waals surface area contributed by atoms with E-state index in [9.17, 15) is 5.11 Å². The molecule has 1 aliphatic carbocycles. The van der Waals surface area contributed by atoms with Gasteiger partial charge in [0.15, 0.2) is 5.96 Å². The minimum absolute atomic E-state index is 0.404. The first-order chi connectivity index (χ1) is 12.0. The predicted molar refractivity (Wildman–Crippen MR) is 103 cm³/mol. The van der Waals surface area contributed by atoms with Crippen LogP contribution in [0.4, 0.5) is 0 Å². The molecule has 1 unspecified atom stereocenters. The van der Waals surface area contributed by atoms with Crippen LogP contribution >= 0.6 is 0 Å². The number of guanidine groups is 1. The molecule has 0 aromatic heterocycles. The SMILES string of the molecule is CCNC(=NCC(C)(O)CN1CCOCC1)NCC1CCC(C)CC1. The fourth-order valence-electron chi connectivity index (χ4n) is 3.66. The Balaban J connectivity index is 1.78. The summed E-state index contributed by atoms with van der Waals surface area (Å²) in [5.74, 6) is 2.45. The lowest BCUT2D eigenvalue weighted by Crippen LogP contribution is -2.48. The lowest BCUT2D eigenvalue weighted by molar-refractivity contribution is -0.0180. The number of aliphatic hydroxyl groups is 1. The standard InChI is InChI=1S/C19H38N4O2/c1-4-20-18(21-13-17-7-5-16(2)6-8-17)22-14-19(3,24)15-23-9-11-25-12-10-23/h16-17,24H,4-15H2,1-3H3,(H2,20,21,22). The van der Waals surface area contributed by atoms with Crippen molar-refractivity contribution in [1.82, 2.24) is 15.5 Å². The quantitative estimate of drug-likeness (QED) is 0.477. The molecule has 6 nitrogen and oxygen atoms in total. The molecule has 0 aromatic rings. The third-order valence-electron chi connectivity index (χ3n) is 5.28. The molecule has 1 saturated carbocycles. The first-order valence-corrected chi connectivity index (χ1v) is 10.0. The van der Waals surface area contributed by atoms with Crippen molar-refractivity contribution in [2.24, 2.45) is 16.8 Å². The van der Waals surface area contributed by atoms with Gasteiger partial charge in [0.2, 0.25) is 0 Å². The molecular weight excluding hydrogens is 316 g/mol. The summed E-state index contributed by atoms with van der Waals surface area (Å²) >= 11 is 0. The Morgan fingerprint density at radius 2 is 1.88 bits per heavy atom. The molecule has 6 heteroatoms. The smallest absolute Gasteiger partial charge is 0.191 e. The van der Waals surface area contributed by atoms with Crippen LogP contribution in [0.3, 0.4) is 0 Å².